The van der Waals surface area contributed by atoms with Gasteiger partial charge in [0, 0.05) is 6.42 Å². The van der Waals surface area contributed by atoms with Crippen molar-refractivity contribution >= 4 is 10.1 Å². The van der Waals surface area contributed by atoms with Gasteiger partial charge in [0.25, 0.3) is 0 Å². The Bertz CT molecular complexity index is 550. The van der Waals surface area contributed by atoms with E-state index in [-0.39, 0.29) is 55.2 Å². The van der Waals surface area contributed by atoms with Crippen LogP contribution in [-0.4, -0.2) is 42.4 Å². The molecule has 0 spiro atoms. The summed E-state index contributed by atoms with van der Waals surface area (Å²) in [5, 5.41) is -6.73. The van der Waals surface area contributed by atoms with E-state index < -0.39 is 58.8 Å². The maximum Gasteiger partial charge on any atom is 1.00 e. The van der Waals surface area contributed by atoms with Crippen LogP contribution in [0.25, 0.3) is 0 Å². The summed E-state index contributed by atoms with van der Waals surface area (Å²) in [6.07, 6.45) is -11.7. The molecule has 0 aliphatic carbocycles. The van der Waals surface area contributed by atoms with Gasteiger partial charge in [0.1, 0.15) is 0 Å². The quantitative estimate of drug-likeness (QED) is 0.209. The van der Waals surface area contributed by atoms with Crippen molar-refractivity contribution in [3.05, 3.63) is 0 Å². The Hall–Kier alpha value is 0.210. The first kappa shape index (κ1) is 29.4. The van der Waals surface area contributed by atoms with E-state index in [0.29, 0.717) is 0 Å². The van der Waals surface area contributed by atoms with E-state index in [1.54, 1.807) is 0 Å². The Labute approximate surface area is 170 Å². The summed E-state index contributed by atoms with van der Waals surface area (Å²) >= 11 is 0. The minimum atomic E-state index is -7.20. The topological polar surface area (TPSA) is 57.2 Å². The number of unbranched alkanes of at least 4 members (excludes halogenated alkanes) is 4. The molecule has 27 heavy (non-hydrogen) atoms. The Morgan fingerprint density at radius 3 is 1.59 bits per heavy atom. The van der Waals surface area contributed by atoms with E-state index in [0.717, 1.165) is 0 Å². The number of rotatable bonds is 11. The van der Waals surface area contributed by atoms with Crippen LogP contribution in [0.5, 0.6) is 0 Å². The maximum absolute atomic E-state index is 13.3. The van der Waals surface area contributed by atoms with Crippen molar-refractivity contribution in [3.63, 3.8) is 0 Å². The van der Waals surface area contributed by atoms with E-state index in [1.807, 2.05) is 0 Å². The van der Waals surface area contributed by atoms with Crippen molar-refractivity contribution < 1.29 is 86.4 Å². The minimum Gasteiger partial charge on any atom is -0.743 e. The van der Waals surface area contributed by atoms with Gasteiger partial charge < -0.3 is 4.55 Å². The fourth-order valence-electron chi connectivity index (χ4n) is 1.91. The zero-order valence-electron chi connectivity index (χ0n) is 13.9. The predicted molar refractivity (Wildman–Crippen MR) is 67.8 cm³/mol. The van der Waals surface area contributed by atoms with Crippen LogP contribution in [0.2, 0.25) is 0 Å². The van der Waals surface area contributed by atoms with Crippen LogP contribution in [-0.2, 0) is 10.1 Å². The molecule has 0 aromatic rings. The third-order valence-corrected chi connectivity index (χ3v) is 4.29. The Morgan fingerprint density at radius 2 is 1.19 bits per heavy atom. The van der Waals surface area contributed by atoms with Gasteiger partial charge in [-0.25, -0.2) is 12.8 Å². The summed E-state index contributed by atoms with van der Waals surface area (Å²) < 4.78 is 157. The van der Waals surface area contributed by atoms with Crippen LogP contribution in [0.1, 0.15) is 44.9 Å². The number of hydrogen-bond acceptors (Lipinski definition) is 3. The zero-order chi connectivity index (χ0) is 21.0. The minimum absolute atomic E-state index is 0. The molecule has 0 aromatic heterocycles. The molecule has 0 rings (SSSR count). The zero-order valence-corrected chi connectivity index (χ0v) is 16.8. The van der Waals surface area contributed by atoms with E-state index in [2.05, 4.69) is 0 Å². The average Bonchev–Trinajstić information content (AvgIpc) is 2.43. The van der Waals surface area contributed by atoms with Crippen LogP contribution >= 0.6 is 0 Å². The second kappa shape index (κ2) is 10.3. The molecule has 0 N–H and O–H groups in total. The number of alkyl halides is 10. The molecule has 1 unspecified atom stereocenters. The molecule has 0 bridgehead atoms. The molecular formula is C12H15F10NaO3S. The first-order valence-electron chi connectivity index (χ1n) is 7.17. The fraction of sp³-hybridized carbons (Fsp3) is 1.00. The first-order valence-corrected chi connectivity index (χ1v) is 8.58. The summed E-state index contributed by atoms with van der Waals surface area (Å²) in [6.45, 7) is 0. The summed E-state index contributed by atoms with van der Waals surface area (Å²) in [5.74, 6) is -12.9. The van der Waals surface area contributed by atoms with Gasteiger partial charge in [0.05, 0.1) is 0 Å². The molecule has 158 valence electrons. The number of hydrogen-bond donors (Lipinski definition) is 0. The van der Waals surface area contributed by atoms with E-state index >= 15 is 0 Å². The van der Waals surface area contributed by atoms with Gasteiger partial charge in [-0.1, -0.05) is 25.7 Å². The van der Waals surface area contributed by atoms with Gasteiger partial charge in [-0.05, 0) is 12.8 Å². The van der Waals surface area contributed by atoms with Gasteiger partial charge in [-0.2, -0.15) is 39.5 Å². The largest absolute Gasteiger partial charge is 1.00 e. The van der Waals surface area contributed by atoms with E-state index in [9.17, 15) is 56.9 Å². The summed E-state index contributed by atoms with van der Waals surface area (Å²) in [4.78, 5) is 0. The van der Waals surface area contributed by atoms with Crippen molar-refractivity contribution in [1.29, 1.82) is 0 Å². The van der Waals surface area contributed by atoms with Crippen LogP contribution in [0.4, 0.5) is 43.9 Å². The second-order valence-electron chi connectivity index (χ2n) is 5.56. The predicted octanol–water partition coefficient (Wildman–Crippen LogP) is 2.03. The molecule has 0 saturated heterocycles. The van der Waals surface area contributed by atoms with Gasteiger partial charge >= 0.3 is 52.8 Å². The molecule has 0 fully saturated rings. The van der Waals surface area contributed by atoms with Crippen molar-refractivity contribution in [3.8, 4) is 0 Å². The van der Waals surface area contributed by atoms with Crippen LogP contribution in [0.3, 0.4) is 0 Å². The first-order chi connectivity index (χ1) is 11.4. The Morgan fingerprint density at radius 1 is 0.778 bits per heavy atom. The molecule has 0 saturated carbocycles. The average molecular weight is 452 g/mol. The van der Waals surface area contributed by atoms with Crippen LogP contribution < -0.4 is 29.6 Å². The standard InChI is InChI=1S/C12H16F10O3S.Na/c13-8(6-4-2-1-3-5-7-9(14,15)16)10(17,18)11(19,20)12(21,22)26(23,24)25;/h8H,1-7H2,(H,23,24,25);/q;+1/p-1. The van der Waals surface area contributed by atoms with Crippen molar-refractivity contribution in [2.45, 2.75) is 74.4 Å². The maximum atomic E-state index is 13.3. The molecule has 0 aliphatic heterocycles. The smallest absolute Gasteiger partial charge is 0.743 e. The molecule has 15 heteroatoms. The normalized spacial score (nSPS) is 15.4. The Kier molecular flexibility index (Phi) is 11.2. The Balaban J connectivity index is 0. The van der Waals surface area contributed by atoms with Crippen molar-refractivity contribution in [1.82, 2.24) is 0 Å². The molecule has 0 radical (unpaired) electrons. The van der Waals surface area contributed by atoms with Crippen molar-refractivity contribution in [2.24, 2.45) is 0 Å². The molecule has 0 amide bonds. The molecule has 1 atom stereocenters. The third kappa shape index (κ3) is 7.86. The molecular weight excluding hydrogens is 437 g/mol. The van der Waals surface area contributed by atoms with Crippen molar-refractivity contribution in [2.75, 3.05) is 0 Å². The molecule has 0 heterocycles. The van der Waals surface area contributed by atoms with E-state index in [4.69, 9.17) is 0 Å². The van der Waals surface area contributed by atoms with Gasteiger partial charge in [0.15, 0.2) is 16.3 Å². The van der Waals surface area contributed by atoms with E-state index in [1.165, 1.54) is 0 Å². The van der Waals surface area contributed by atoms with Gasteiger partial charge in [0.2, 0.25) is 0 Å². The number of halogens is 10. The second-order valence-corrected chi connectivity index (χ2v) is 6.98. The molecule has 0 aromatic carbocycles. The van der Waals surface area contributed by atoms with Crippen LogP contribution in [0, 0.1) is 0 Å². The summed E-state index contributed by atoms with van der Waals surface area (Å²) in [6, 6.07) is 0. The SMILES string of the molecule is O=S(=O)([O-])C(F)(F)C(F)(F)C(F)(F)C(F)CCCCCCCC(F)(F)F.[Na+]. The summed E-state index contributed by atoms with van der Waals surface area (Å²) in [5.41, 5.74) is 0. The fourth-order valence-corrected chi connectivity index (χ4v) is 2.36. The monoisotopic (exact) mass is 452 g/mol. The van der Waals surface area contributed by atoms with Gasteiger partial charge in [-0.15, -0.1) is 0 Å². The summed E-state index contributed by atoms with van der Waals surface area (Å²) in [7, 11) is -7.20. The van der Waals surface area contributed by atoms with Crippen LogP contribution in [0.15, 0.2) is 0 Å². The van der Waals surface area contributed by atoms with Gasteiger partial charge in [-0.3, -0.25) is 0 Å². The molecule has 0 aliphatic rings. The molecule has 3 nitrogen and oxygen atoms in total. The third-order valence-electron chi connectivity index (χ3n) is 3.41.